The lowest BCUT2D eigenvalue weighted by Crippen LogP contribution is -2.36. The molecule has 2 atom stereocenters. The molecule has 2 N–H and O–H groups in total. The molecule has 0 spiro atoms. The predicted octanol–water partition coefficient (Wildman–Crippen LogP) is 0.925. The van der Waals surface area contributed by atoms with Crippen molar-refractivity contribution in [3.8, 4) is 0 Å². The summed E-state index contributed by atoms with van der Waals surface area (Å²) in [6, 6.07) is 0. The SMILES string of the molecule is O=C(O)C1CCC(C(=O)NCCC2CCC2)O1. The third-order valence-electron chi connectivity index (χ3n) is 3.66. The number of hydrogen-bond acceptors (Lipinski definition) is 3. The van der Waals surface area contributed by atoms with Crippen LogP contribution < -0.4 is 5.32 Å². The number of carbonyl (C=O) groups excluding carboxylic acids is 1. The van der Waals surface area contributed by atoms with Crippen molar-refractivity contribution in [3.05, 3.63) is 0 Å². The third kappa shape index (κ3) is 3.19. The highest BCUT2D eigenvalue weighted by Crippen LogP contribution is 2.28. The molecule has 1 aliphatic carbocycles. The first-order valence-electron chi connectivity index (χ1n) is 6.33. The molecule has 1 heterocycles. The number of aliphatic carboxylic acids is 1. The number of ether oxygens (including phenoxy) is 1. The second-order valence-corrected chi connectivity index (χ2v) is 4.91. The van der Waals surface area contributed by atoms with Gasteiger partial charge in [0.2, 0.25) is 5.91 Å². The minimum Gasteiger partial charge on any atom is -0.479 e. The summed E-state index contributed by atoms with van der Waals surface area (Å²) in [6.45, 7) is 0.682. The lowest BCUT2D eigenvalue weighted by atomic mass is 9.83. The van der Waals surface area contributed by atoms with Crippen LogP contribution in [0.3, 0.4) is 0 Å². The Morgan fingerprint density at radius 1 is 1.18 bits per heavy atom. The Balaban J connectivity index is 1.64. The van der Waals surface area contributed by atoms with Crippen molar-refractivity contribution >= 4 is 11.9 Å². The monoisotopic (exact) mass is 241 g/mol. The fraction of sp³-hybridized carbons (Fsp3) is 0.833. The molecular weight excluding hydrogens is 222 g/mol. The van der Waals surface area contributed by atoms with Gasteiger partial charge in [-0.2, -0.15) is 0 Å². The number of amides is 1. The fourth-order valence-corrected chi connectivity index (χ4v) is 2.31. The van der Waals surface area contributed by atoms with Crippen molar-refractivity contribution in [3.63, 3.8) is 0 Å². The molecule has 5 heteroatoms. The van der Waals surface area contributed by atoms with Gasteiger partial charge in [-0.25, -0.2) is 4.79 Å². The van der Waals surface area contributed by atoms with E-state index < -0.39 is 18.2 Å². The Labute approximate surface area is 101 Å². The maximum atomic E-state index is 11.7. The number of hydrogen-bond donors (Lipinski definition) is 2. The summed E-state index contributed by atoms with van der Waals surface area (Å²) in [6.07, 6.45) is 4.44. The van der Waals surface area contributed by atoms with E-state index in [0.717, 1.165) is 12.3 Å². The van der Waals surface area contributed by atoms with Crippen molar-refractivity contribution in [2.45, 2.75) is 50.7 Å². The van der Waals surface area contributed by atoms with E-state index in [-0.39, 0.29) is 5.91 Å². The lowest BCUT2D eigenvalue weighted by Gasteiger charge is -2.25. The van der Waals surface area contributed by atoms with Gasteiger partial charge in [0.15, 0.2) is 6.10 Å². The van der Waals surface area contributed by atoms with E-state index in [9.17, 15) is 9.59 Å². The average Bonchev–Trinajstić information content (AvgIpc) is 2.70. The second kappa shape index (κ2) is 5.49. The van der Waals surface area contributed by atoms with Crippen molar-refractivity contribution < 1.29 is 19.4 Å². The van der Waals surface area contributed by atoms with E-state index >= 15 is 0 Å². The quantitative estimate of drug-likeness (QED) is 0.750. The first-order chi connectivity index (χ1) is 8.16. The summed E-state index contributed by atoms with van der Waals surface area (Å²) in [4.78, 5) is 22.3. The van der Waals surface area contributed by atoms with Gasteiger partial charge in [0.25, 0.3) is 0 Å². The Bertz CT molecular complexity index is 301. The molecule has 1 aliphatic heterocycles. The van der Waals surface area contributed by atoms with Crippen LogP contribution in [0.25, 0.3) is 0 Å². The molecule has 0 bridgehead atoms. The number of carbonyl (C=O) groups is 2. The molecule has 1 amide bonds. The first kappa shape index (κ1) is 12.4. The summed E-state index contributed by atoms with van der Waals surface area (Å²) < 4.78 is 5.17. The number of rotatable bonds is 5. The number of carboxylic acid groups (broad SMARTS) is 1. The third-order valence-corrected chi connectivity index (χ3v) is 3.66. The molecule has 2 fully saturated rings. The minimum atomic E-state index is -0.977. The van der Waals surface area contributed by atoms with Gasteiger partial charge in [0.05, 0.1) is 0 Å². The molecule has 1 saturated heterocycles. The van der Waals surface area contributed by atoms with Crippen LogP contribution in [-0.4, -0.2) is 35.7 Å². The van der Waals surface area contributed by atoms with Gasteiger partial charge in [-0.3, -0.25) is 4.79 Å². The van der Waals surface area contributed by atoms with E-state index in [1.165, 1.54) is 19.3 Å². The molecule has 1 saturated carbocycles. The Morgan fingerprint density at radius 2 is 1.88 bits per heavy atom. The van der Waals surface area contributed by atoms with Gasteiger partial charge in [-0.1, -0.05) is 19.3 Å². The maximum absolute atomic E-state index is 11.7. The summed E-state index contributed by atoms with van der Waals surface area (Å²) >= 11 is 0. The second-order valence-electron chi connectivity index (χ2n) is 4.91. The molecule has 2 aliphatic rings. The van der Waals surface area contributed by atoms with Crippen LogP contribution in [0, 0.1) is 5.92 Å². The standard InChI is InChI=1S/C12H19NO4/c14-11(13-7-6-8-2-1-3-8)9-4-5-10(17-9)12(15)16/h8-10H,1-7H2,(H,13,14)(H,15,16). The highest BCUT2D eigenvalue weighted by Gasteiger charge is 2.34. The van der Waals surface area contributed by atoms with E-state index in [1.807, 2.05) is 0 Å². The van der Waals surface area contributed by atoms with Gasteiger partial charge in [0.1, 0.15) is 6.10 Å². The summed E-state index contributed by atoms with van der Waals surface area (Å²) in [5, 5.41) is 11.6. The molecule has 0 aromatic carbocycles. The number of nitrogens with one attached hydrogen (secondary N) is 1. The van der Waals surface area contributed by atoms with Crippen LogP contribution in [0.2, 0.25) is 0 Å². The highest BCUT2D eigenvalue weighted by molar-refractivity contribution is 5.82. The molecule has 2 unspecified atom stereocenters. The van der Waals surface area contributed by atoms with Crippen LogP contribution in [0.4, 0.5) is 0 Å². The Kier molecular flexibility index (Phi) is 3.99. The van der Waals surface area contributed by atoms with E-state index in [4.69, 9.17) is 9.84 Å². The van der Waals surface area contributed by atoms with Crippen molar-refractivity contribution in [1.82, 2.24) is 5.32 Å². The largest absolute Gasteiger partial charge is 0.479 e. The Hall–Kier alpha value is -1.10. The summed E-state index contributed by atoms with van der Waals surface area (Å²) in [7, 11) is 0. The molecule has 17 heavy (non-hydrogen) atoms. The van der Waals surface area contributed by atoms with Gasteiger partial charge in [-0.05, 0) is 25.2 Å². The van der Waals surface area contributed by atoms with Gasteiger partial charge in [0, 0.05) is 6.54 Å². The summed E-state index contributed by atoms with van der Waals surface area (Å²) in [5.74, 6) is -0.366. The topological polar surface area (TPSA) is 75.6 Å². The highest BCUT2D eigenvalue weighted by atomic mass is 16.5. The van der Waals surface area contributed by atoms with Crippen LogP contribution in [-0.2, 0) is 14.3 Å². The van der Waals surface area contributed by atoms with Gasteiger partial charge in [-0.15, -0.1) is 0 Å². The van der Waals surface area contributed by atoms with Crippen molar-refractivity contribution in [1.29, 1.82) is 0 Å². The zero-order valence-corrected chi connectivity index (χ0v) is 9.85. The number of carboxylic acids is 1. The first-order valence-corrected chi connectivity index (χ1v) is 6.33. The van der Waals surface area contributed by atoms with Crippen molar-refractivity contribution in [2.75, 3.05) is 6.54 Å². The van der Waals surface area contributed by atoms with Crippen LogP contribution in [0.15, 0.2) is 0 Å². The van der Waals surface area contributed by atoms with Gasteiger partial charge < -0.3 is 15.2 Å². The van der Waals surface area contributed by atoms with Crippen LogP contribution in [0.1, 0.15) is 38.5 Å². The molecule has 0 aromatic heterocycles. The van der Waals surface area contributed by atoms with Crippen molar-refractivity contribution in [2.24, 2.45) is 5.92 Å². The molecule has 2 rings (SSSR count). The van der Waals surface area contributed by atoms with E-state index in [0.29, 0.717) is 19.4 Å². The summed E-state index contributed by atoms with van der Waals surface area (Å²) in [5.41, 5.74) is 0. The molecule has 5 nitrogen and oxygen atoms in total. The van der Waals surface area contributed by atoms with Crippen LogP contribution in [0.5, 0.6) is 0 Å². The predicted molar refractivity (Wildman–Crippen MR) is 60.5 cm³/mol. The van der Waals surface area contributed by atoms with Crippen LogP contribution >= 0.6 is 0 Å². The molecule has 96 valence electrons. The molecular formula is C12H19NO4. The van der Waals surface area contributed by atoms with Gasteiger partial charge >= 0.3 is 5.97 Å². The van der Waals surface area contributed by atoms with E-state index in [2.05, 4.69) is 5.32 Å². The maximum Gasteiger partial charge on any atom is 0.332 e. The average molecular weight is 241 g/mol. The van der Waals surface area contributed by atoms with E-state index in [1.54, 1.807) is 0 Å². The lowest BCUT2D eigenvalue weighted by molar-refractivity contribution is -0.151. The molecule has 0 aromatic rings. The Morgan fingerprint density at radius 3 is 2.41 bits per heavy atom. The molecule has 0 radical (unpaired) electrons. The minimum absolute atomic E-state index is 0.159. The fourth-order valence-electron chi connectivity index (χ4n) is 2.31. The zero-order chi connectivity index (χ0) is 12.3. The smallest absolute Gasteiger partial charge is 0.332 e. The normalized spacial score (nSPS) is 28.7. The zero-order valence-electron chi connectivity index (χ0n) is 9.85.